The molecule has 12 heteroatoms. The Hall–Kier alpha value is -5.18. The van der Waals surface area contributed by atoms with Gasteiger partial charge in [-0.2, -0.15) is 0 Å². The number of unbranched alkanes of at least 4 members (excludes halogenated alkanes) is 3. The molecule has 0 aliphatic heterocycles. The highest BCUT2D eigenvalue weighted by atomic mass is 32.2. The Morgan fingerprint density at radius 2 is 1.10 bits per heavy atom. The minimum atomic E-state index is -3.97. The number of amides is 1. The third-order valence-electron chi connectivity index (χ3n) is 11.4. The highest BCUT2D eigenvalue weighted by Crippen LogP contribution is 2.38. The third kappa shape index (κ3) is 11.9. The molecule has 7 unspecified atom stereocenters. The number of aliphatic hydroxyl groups is 1. The van der Waals surface area contributed by atoms with E-state index in [1.165, 1.54) is 10.9 Å². The number of hydrogen-bond acceptors (Lipinski definition) is 9. The van der Waals surface area contributed by atoms with Crippen LogP contribution in [0.3, 0.4) is 0 Å². The topological polar surface area (TPSA) is 135 Å². The van der Waals surface area contributed by atoms with Gasteiger partial charge >= 0.3 is 0 Å². The Kier molecular flexibility index (Phi) is 16.3. The first-order valence-electron chi connectivity index (χ1n) is 21.8. The van der Waals surface area contributed by atoms with Crippen molar-refractivity contribution in [3.63, 3.8) is 0 Å². The van der Waals surface area contributed by atoms with Crippen LogP contribution in [0.25, 0.3) is 10.9 Å². The second-order valence-corrected chi connectivity index (χ2v) is 17.8. The summed E-state index contributed by atoms with van der Waals surface area (Å²) in [5.74, 6) is -0.0460. The van der Waals surface area contributed by atoms with Gasteiger partial charge in [0.1, 0.15) is 36.6 Å². The Morgan fingerprint density at radius 3 is 1.65 bits per heavy atom. The first-order chi connectivity index (χ1) is 30.7. The van der Waals surface area contributed by atoms with E-state index < -0.39 is 52.8 Å². The van der Waals surface area contributed by atoms with E-state index >= 15 is 0 Å². The monoisotopic (exact) mass is 874 g/mol. The molecule has 63 heavy (non-hydrogen) atoms. The third-order valence-corrected chi connectivity index (χ3v) is 13.1. The van der Waals surface area contributed by atoms with Crippen molar-refractivity contribution in [2.45, 2.75) is 107 Å². The van der Waals surface area contributed by atoms with Crippen molar-refractivity contribution in [3.05, 3.63) is 174 Å². The molecule has 1 saturated carbocycles. The van der Waals surface area contributed by atoms with Gasteiger partial charge in [-0.05, 0) is 54.7 Å². The summed E-state index contributed by atoms with van der Waals surface area (Å²) in [5.41, 5.74) is 3.95. The van der Waals surface area contributed by atoms with E-state index in [0.717, 1.165) is 42.4 Å². The summed E-state index contributed by atoms with van der Waals surface area (Å²) in [6.45, 7) is 4.98. The summed E-state index contributed by atoms with van der Waals surface area (Å²) in [4.78, 5) is 11.5. The molecule has 0 radical (unpaired) electrons. The van der Waals surface area contributed by atoms with Gasteiger partial charge in [0, 0.05) is 37.2 Å². The van der Waals surface area contributed by atoms with Crippen molar-refractivity contribution in [1.82, 2.24) is 9.29 Å². The fraction of sp³-hybridized carbons (Fsp3) is 0.353. The average molecular weight is 875 g/mol. The van der Waals surface area contributed by atoms with Crippen LogP contribution in [-0.2, 0) is 58.3 Å². The Bertz CT molecular complexity index is 2420. The van der Waals surface area contributed by atoms with Crippen molar-refractivity contribution in [1.29, 1.82) is 0 Å². The summed E-state index contributed by atoms with van der Waals surface area (Å²) >= 11 is 0. The van der Waals surface area contributed by atoms with Crippen molar-refractivity contribution in [3.8, 4) is 0 Å². The molecule has 11 nitrogen and oxygen atoms in total. The maximum Gasteiger partial charge on any atom is 0.268 e. The quantitative estimate of drug-likeness (QED) is 0.0644. The molecule has 7 rings (SSSR count). The molecular formula is C51H58N2O9S. The molecule has 0 saturated heterocycles. The van der Waals surface area contributed by atoms with Gasteiger partial charge in [-0.1, -0.05) is 140 Å². The highest BCUT2D eigenvalue weighted by Gasteiger charge is 2.54. The molecule has 2 N–H and O–H groups in total. The van der Waals surface area contributed by atoms with Gasteiger partial charge in [-0.25, -0.2) is 12.4 Å². The van der Waals surface area contributed by atoms with Crippen LogP contribution in [0.2, 0.25) is 0 Å². The zero-order chi connectivity index (χ0) is 44.0. The average Bonchev–Trinajstić information content (AvgIpc) is 3.72. The highest BCUT2D eigenvalue weighted by molar-refractivity contribution is 7.90. The molecule has 1 heterocycles. The van der Waals surface area contributed by atoms with Gasteiger partial charge in [0.2, 0.25) is 5.91 Å². The van der Waals surface area contributed by atoms with Crippen LogP contribution in [0, 0.1) is 0 Å². The Labute approximate surface area is 371 Å². The van der Waals surface area contributed by atoms with Crippen LogP contribution in [0.1, 0.15) is 67.9 Å². The minimum Gasteiger partial charge on any atom is -0.387 e. The van der Waals surface area contributed by atoms with Crippen molar-refractivity contribution < 1.29 is 42.0 Å². The molecule has 332 valence electrons. The standard InChI is InChI=1S/C51H58N2O9S/c1-37(44-33-53(45-30-18-17-29-43(44)45)63(56,57)42-27-15-8-16-28-42)62-48-46(55)47(58-32-20-4-3-19-31-52-38(2)54)49(59-34-39-21-9-5-10-22-39)51(61-36-41-25-13-7-14-26-41)50(48)60-35-40-23-11-6-12-24-40/h5-18,21-30,33,37,46-51,55H,3-4,19-20,31-32,34-36H2,1-2H3,(H,52,54). The molecule has 1 aliphatic rings. The molecule has 6 aromatic rings. The number of fused-ring (bicyclic) bond motifs is 1. The number of aliphatic hydroxyl groups excluding tert-OH is 1. The molecule has 0 bridgehead atoms. The molecule has 1 fully saturated rings. The summed E-state index contributed by atoms with van der Waals surface area (Å²) in [6.07, 6.45) is -1.42. The van der Waals surface area contributed by atoms with E-state index in [-0.39, 0.29) is 30.6 Å². The summed E-state index contributed by atoms with van der Waals surface area (Å²) < 4.78 is 63.7. The zero-order valence-corrected chi connectivity index (χ0v) is 36.7. The number of hydrogen-bond donors (Lipinski definition) is 2. The van der Waals surface area contributed by atoms with Gasteiger partial charge in [0.25, 0.3) is 10.0 Å². The SMILES string of the molecule is CC(=O)NCCCCCCOC1C(O)C(OC(C)c2cn(S(=O)(=O)c3ccccc3)c3ccccc23)C(OCc2ccccc2)C(OCc2ccccc2)C1OCc1ccccc1. The normalized spacial score (nSPS) is 20.7. The number of ether oxygens (including phenoxy) is 5. The van der Waals surface area contributed by atoms with Crippen LogP contribution >= 0.6 is 0 Å². The first kappa shape index (κ1) is 45.8. The molecule has 1 aromatic heterocycles. The van der Waals surface area contributed by atoms with Crippen LogP contribution in [0.4, 0.5) is 0 Å². The first-order valence-corrected chi connectivity index (χ1v) is 23.2. The second-order valence-electron chi connectivity index (χ2n) is 16.0. The Morgan fingerprint density at radius 1 is 0.619 bits per heavy atom. The number of benzene rings is 5. The van der Waals surface area contributed by atoms with Gasteiger partial charge in [0.15, 0.2) is 0 Å². The Balaban J connectivity index is 1.24. The maximum absolute atomic E-state index is 14.1. The fourth-order valence-electron chi connectivity index (χ4n) is 8.13. The lowest BCUT2D eigenvalue weighted by molar-refractivity contribution is -0.285. The molecule has 0 spiro atoms. The molecule has 1 aliphatic carbocycles. The van der Waals surface area contributed by atoms with E-state index in [9.17, 15) is 18.3 Å². The van der Waals surface area contributed by atoms with E-state index in [1.54, 1.807) is 42.6 Å². The summed E-state index contributed by atoms with van der Waals surface area (Å²) in [6, 6.07) is 45.1. The number of carbonyl (C=O) groups is 1. The van der Waals surface area contributed by atoms with Crippen LogP contribution in [0.15, 0.2) is 157 Å². The maximum atomic E-state index is 14.1. The predicted molar refractivity (Wildman–Crippen MR) is 242 cm³/mol. The van der Waals surface area contributed by atoms with E-state index in [0.29, 0.717) is 29.6 Å². The van der Waals surface area contributed by atoms with Crippen molar-refractivity contribution in [2.24, 2.45) is 0 Å². The number of nitrogens with one attached hydrogen (secondary N) is 1. The number of para-hydroxylation sites is 1. The van der Waals surface area contributed by atoms with E-state index in [1.807, 2.05) is 116 Å². The van der Waals surface area contributed by atoms with Crippen molar-refractivity contribution in [2.75, 3.05) is 13.2 Å². The smallest absolute Gasteiger partial charge is 0.268 e. The van der Waals surface area contributed by atoms with Gasteiger partial charge < -0.3 is 34.1 Å². The summed E-state index contributed by atoms with van der Waals surface area (Å²) in [7, 11) is -3.97. The fourth-order valence-corrected chi connectivity index (χ4v) is 9.53. The van der Waals surface area contributed by atoms with Gasteiger partial charge in [0.05, 0.1) is 36.3 Å². The minimum absolute atomic E-state index is 0.0460. The van der Waals surface area contributed by atoms with E-state index in [4.69, 9.17) is 23.7 Å². The number of carbonyl (C=O) groups excluding carboxylic acids is 1. The molecular weight excluding hydrogens is 817 g/mol. The molecule has 7 atom stereocenters. The largest absolute Gasteiger partial charge is 0.387 e. The van der Waals surface area contributed by atoms with Crippen LogP contribution in [0.5, 0.6) is 0 Å². The second kappa shape index (κ2) is 22.4. The lowest BCUT2D eigenvalue weighted by Crippen LogP contribution is -2.67. The lowest BCUT2D eigenvalue weighted by atomic mass is 9.83. The van der Waals surface area contributed by atoms with Gasteiger partial charge in [-0.3, -0.25) is 4.79 Å². The van der Waals surface area contributed by atoms with E-state index in [2.05, 4.69) is 5.32 Å². The molecule has 1 amide bonds. The number of nitrogens with zero attached hydrogens (tertiary/aromatic N) is 1. The summed E-state index contributed by atoms with van der Waals surface area (Å²) in [5, 5.41) is 16.2. The van der Waals surface area contributed by atoms with Crippen LogP contribution < -0.4 is 5.32 Å². The number of aromatic nitrogens is 1. The van der Waals surface area contributed by atoms with Crippen molar-refractivity contribution >= 4 is 26.8 Å². The number of rotatable bonds is 22. The lowest BCUT2D eigenvalue weighted by Gasteiger charge is -2.49. The van der Waals surface area contributed by atoms with Gasteiger partial charge in [-0.15, -0.1) is 0 Å². The molecule has 5 aromatic carbocycles. The predicted octanol–water partition coefficient (Wildman–Crippen LogP) is 8.54. The van der Waals surface area contributed by atoms with Crippen LogP contribution in [-0.4, -0.2) is 73.2 Å². The zero-order valence-electron chi connectivity index (χ0n) is 35.9.